The van der Waals surface area contributed by atoms with Gasteiger partial charge in [-0.3, -0.25) is 19.3 Å². The summed E-state index contributed by atoms with van der Waals surface area (Å²) in [7, 11) is -3.84. The molecule has 2 aliphatic heterocycles. The molecule has 158 valence electrons. The summed E-state index contributed by atoms with van der Waals surface area (Å²) in [6, 6.07) is 7.73. The number of hydrogen-bond donors (Lipinski definition) is 2. The van der Waals surface area contributed by atoms with Gasteiger partial charge in [-0.2, -0.15) is 0 Å². The van der Waals surface area contributed by atoms with Gasteiger partial charge in [0.15, 0.2) is 5.25 Å². The van der Waals surface area contributed by atoms with E-state index >= 15 is 0 Å². The maximum atomic E-state index is 12.9. The number of anilines is 2. The van der Waals surface area contributed by atoms with Gasteiger partial charge in [0.25, 0.3) is 10.0 Å². The van der Waals surface area contributed by atoms with Gasteiger partial charge in [0.05, 0.1) is 22.5 Å². The summed E-state index contributed by atoms with van der Waals surface area (Å²) in [5.74, 6) is -0.600. The molecule has 2 N–H and O–H groups in total. The van der Waals surface area contributed by atoms with E-state index in [0.29, 0.717) is 29.4 Å². The van der Waals surface area contributed by atoms with E-state index in [1.54, 1.807) is 29.3 Å². The van der Waals surface area contributed by atoms with Crippen molar-refractivity contribution in [3.8, 4) is 0 Å². The maximum absolute atomic E-state index is 12.9. The van der Waals surface area contributed by atoms with Crippen LogP contribution in [0, 0.1) is 0 Å². The molecule has 1 saturated heterocycles. The normalized spacial score (nSPS) is 19.4. The van der Waals surface area contributed by atoms with Crippen LogP contribution in [0.5, 0.6) is 0 Å². The van der Waals surface area contributed by atoms with Crippen molar-refractivity contribution in [3.63, 3.8) is 0 Å². The molecule has 0 saturated carbocycles. The first-order valence-electron chi connectivity index (χ1n) is 9.77. The number of fused-ring (bicyclic) bond motifs is 1. The number of rotatable bonds is 4. The third kappa shape index (κ3) is 4.44. The predicted molar refractivity (Wildman–Crippen MR) is 115 cm³/mol. The molecule has 2 amide bonds. The van der Waals surface area contributed by atoms with Crippen molar-refractivity contribution in [3.05, 3.63) is 42.7 Å². The van der Waals surface area contributed by atoms with E-state index in [2.05, 4.69) is 15.0 Å². The van der Waals surface area contributed by atoms with Crippen LogP contribution in [0.4, 0.5) is 11.4 Å². The Labute approximate surface area is 179 Å². The molecule has 0 bridgehead atoms. The van der Waals surface area contributed by atoms with E-state index in [1.807, 2.05) is 0 Å². The third-order valence-corrected chi connectivity index (χ3v) is 7.70. The van der Waals surface area contributed by atoms with Crippen molar-refractivity contribution in [1.29, 1.82) is 0 Å². The molecule has 4 rings (SSSR count). The highest BCUT2D eigenvalue weighted by Crippen LogP contribution is 2.38. The number of nitrogens with one attached hydrogen (secondary N) is 2. The second kappa shape index (κ2) is 8.65. The van der Waals surface area contributed by atoms with Crippen molar-refractivity contribution in [2.75, 3.05) is 23.1 Å². The lowest BCUT2D eigenvalue weighted by Crippen LogP contribution is -2.45. The zero-order valence-electron chi connectivity index (χ0n) is 16.2. The minimum atomic E-state index is -3.84. The van der Waals surface area contributed by atoms with Crippen LogP contribution in [0.25, 0.3) is 0 Å². The molecule has 0 unspecified atom stereocenters. The maximum Gasteiger partial charge on any atom is 0.262 e. The van der Waals surface area contributed by atoms with Gasteiger partial charge < -0.3 is 10.2 Å². The van der Waals surface area contributed by atoms with Crippen LogP contribution < -0.4 is 10.0 Å². The van der Waals surface area contributed by atoms with Crippen LogP contribution in [0.1, 0.15) is 25.7 Å². The number of sulfonamides is 1. The molecular weight excluding hydrogens is 424 g/mol. The van der Waals surface area contributed by atoms with Crippen LogP contribution in [0.3, 0.4) is 0 Å². The monoisotopic (exact) mass is 446 g/mol. The summed E-state index contributed by atoms with van der Waals surface area (Å²) < 4.78 is 27.8. The quantitative estimate of drug-likeness (QED) is 0.699. The Kier molecular flexibility index (Phi) is 5.96. The number of hydrogen-bond acceptors (Lipinski definition) is 6. The minimum absolute atomic E-state index is 0.0169. The van der Waals surface area contributed by atoms with Crippen LogP contribution in [-0.2, 0) is 19.6 Å². The number of amides is 2. The van der Waals surface area contributed by atoms with Gasteiger partial charge in [0.1, 0.15) is 0 Å². The van der Waals surface area contributed by atoms with Crippen LogP contribution in [-0.4, -0.2) is 48.5 Å². The average molecular weight is 447 g/mol. The van der Waals surface area contributed by atoms with Crippen LogP contribution in [0.2, 0.25) is 0 Å². The molecule has 10 heteroatoms. The fraction of sp³-hybridized carbons (Fsp3) is 0.350. The molecule has 30 heavy (non-hydrogen) atoms. The first kappa shape index (κ1) is 20.7. The van der Waals surface area contributed by atoms with Gasteiger partial charge in [-0.15, -0.1) is 11.8 Å². The lowest BCUT2D eigenvalue weighted by Gasteiger charge is -2.28. The SMILES string of the molecule is O=C1Nc2cc(S(=O)(=O)Nc3cccnc3)ccc2S[C@H]1C(=O)N1CCCCCC1. The first-order valence-corrected chi connectivity index (χ1v) is 12.1. The highest BCUT2D eigenvalue weighted by Gasteiger charge is 2.36. The summed E-state index contributed by atoms with van der Waals surface area (Å²) in [6.07, 6.45) is 7.06. The number of aromatic nitrogens is 1. The summed E-state index contributed by atoms with van der Waals surface area (Å²) >= 11 is 1.17. The van der Waals surface area contributed by atoms with Gasteiger partial charge in [-0.1, -0.05) is 12.8 Å². The molecule has 2 aliphatic rings. The Morgan fingerprint density at radius 1 is 1.17 bits per heavy atom. The zero-order valence-corrected chi connectivity index (χ0v) is 17.8. The Hall–Kier alpha value is -2.59. The second-order valence-electron chi connectivity index (χ2n) is 7.23. The van der Waals surface area contributed by atoms with E-state index < -0.39 is 21.2 Å². The van der Waals surface area contributed by atoms with Crippen LogP contribution >= 0.6 is 11.8 Å². The van der Waals surface area contributed by atoms with Crippen molar-refractivity contribution in [1.82, 2.24) is 9.88 Å². The molecule has 2 aromatic rings. The molecule has 1 fully saturated rings. The van der Waals surface area contributed by atoms with Gasteiger partial charge in [0.2, 0.25) is 11.8 Å². The molecule has 8 nitrogen and oxygen atoms in total. The molecule has 0 aliphatic carbocycles. The topological polar surface area (TPSA) is 108 Å². The Morgan fingerprint density at radius 3 is 2.63 bits per heavy atom. The fourth-order valence-corrected chi connectivity index (χ4v) is 5.63. The van der Waals surface area contributed by atoms with Crippen LogP contribution in [0.15, 0.2) is 52.5 Å². The minimum Gasteiger partial charge on any atom is -0.341 e. The highest BCUT2D eigenvalue weighted by atomic mass is 32.2. The fourth-order valence-electron chi connectivity index (χ4n) is 3.51. The molecule has 1 aromatic heterocycles. The number of benzene rings is 1. The third-order valence-electron chi connectivity index (χ3n) is 5.06. The largest absolute Gasteiger partial charge is 0.341 e. The van der Waals surface area contributed by atoms with Crippen molar-refractivity contribution < 1.29 is 18.0 Å². The number of pyridine rings is 1. The Morgan fingerprint density at radius 2 is 1.93 bits per heavy atom. The first-order chi connectivity index (χ1) is 14.4. The standard InChI is InChI=1S/C20H22N4O4S2/c25-19-18(20(26)24-10-3-1-2-4-11-24)29-17-8-7-15(12-16(17)22-19)30(27,28)23-14-6-5-9-21-13-14/h5-9,12-13,18,23H,1-4,10-11H2,(H,22,25)/t18-/m1/s1. The molecule has 0 spiro atoms. The molecule has 1 aromatic carbocycles. The predicted octanol–water partition coefficient (Wildman–Crippen LogP) is 2.70. The Balaban J connectivity index is 1.53. The number of likely N-dealkylation sites (tertiary alicyclic amines) is 1. The van der Waals surface area contributed by atoms with E-state index in [4.69, 9.17) is 0 Å². The summed E-state index contributed by atoms with van der Waals surface area (Å²) in [4.78, 5) is 31.9. The number of carbonyl (C=O) groups excluding carboxylic acids is 2. The van der Waals surface area contributed by atoms with E-state index in [9.17, 15) is 18.0 Å². The van der Waals surface area contributed by atoms with Gasteiger partial charge in [-0.25, -0.2) is 8.42 Å². The highest BCUT2D eigenvalue weighted by molar-refractivity contribution is 8.01. The molecule has 1 atom stereocenters. The van der Waals surface area contributed by atoms with Crippen molar-refractivity contribution in [2.45, 2.75) is 40.7 Å². The summed E-state index contributed by atoms with van der Waals surface area (Å²) in [6.45, 7) is 1.35. The number of carbonyl (C=O) groups is 2. The van der Waals surface area contributed by atoms with Gasteiger partial charge in [-0.05, 0) is 43.2 Å². The van der Waals surface area contributed by atoms with E-state index in [-0.39, 0.29) is 10.8 Å². The summed E-state index contributed by atoms with van der Waals surface area (Å²) in [5, 5.41) is 1.86. The van der Waals surface area contributed by atoms with Gasteiger partial charge >= 0.3 is 0 Å². The number of thioether (sulfide) groups is 1. The smallest absolute Gasteiger partial charge is 0.262 e. The molecule has 3 heterocycles. The molecular formula is C20H22N4O4S2. The van der Waals surface area contributed by atoms with E-state index in [1.165, 1.54) is 30.1 Å². The van der Waals surface area contributed by atoms with Crippen molar-refractivity contribution >= 4 is 45.0 Å². The van der Waals surface area contributed by atoms with E-state index in [0.717, 1.165) is 25.7 Å². The zero-order chi connectivity index (χ0) is 21.1. The van der Waals surface area contributed by atoms with Gasteiger partial charge in [0, 0.05) is 24.2 Å². The lowest BCUT2D eigenvalue weighted by atomic mass is 10.2. The second-order valence-corrected chi connectivity index (χ2v) is 10.1. The summed E-state index contributed by atoms with van der Waals surface area (Å²) in [5.41, 5.74) is 0.732. The van der Waals surface area contributed by atoms with Crippen molar-refractivity contribution in [2.24, 2.45) is 0 Å². The molecule has 0 radical (unpaired) electrons. The average Bonchev–Trinajstić information content (AvgIpc) is 3.02. The Bertz CT molecular complexity index is 1050. The lowest BCUT2D eigenvalue weighted by molar-refractivity contribution is -0.133. The number of nitrogens with zero attached hydrogens (tertiary/aromatic N) is 2.